The molecule has 1 atom stereocenters. The topological polar surface area (TPSA) is 139 Å². The average Bonchev–Trinajstić information content (AvgIpc) is 3.34. The summed E-state index contributed by atoms with van der Waals surface area (Å²) in [4.78, 5) is 44.2. The van der Waals surface area contributed by atoms with E-state index < -0.39 is 18.2 Å². The van der Waals surface area contributed by atoms with Crippen molar-refractivity contribution in [3.63, 3.8) is 0 Å². The predicted molar refractivity (Wildman–Crippen MR) is 118 cm³/mol. The molecule has 1 fully saturated rings. The van der Waals surface area contributed by atoms with Crippen LogP contribution in [0.15, 0.2) is 36.7 Å². The van der Waals surface area contributed by atoms with Crippen LogP contribution < -0.4 is 11.1 Å². The molecule has 3 heterocycles. The first-order chi connectivity index (χ1) is 16.0. The van der Waals surface area contributed by atoms with E-state index in [4.69, 9.17) is 27.2 Å². The van der Waals surface area contributed by atoms with Gasteiger partial charge in [0, 0.05) is 18.5 Å². The molecule has 1 aliphatic rings. The van der Waals surface area contributed by atoms with Crippen LogP contribution in [-0.4, -0.2) is 56.5 Å². The maximum absolute atomic E-state index is 12.6. The van der Waals surface area contributed by atoms with E-state index in [1.54, 1.807) is 17.0 Å². The summed E-state index contributed by atoms with van der Waals surface area (Å²) in [6.07, 6.45) is -3.09. The van der Waals surface area contributed by atoms with Gasteiger partial charge in [-0.3, -0.25) is 9.59 Å². The molecule has 14 heteroatoms. The molecule has 9 nitrogen and oxygen atoms in total. The number of carbonyl (C=O) groups is 3. The number of rotatable bonds is 4. The summed E-state index contributed by atoms with van der Waals surface area (Å²) < 4.78 is 32.3. The largest absolute Gasteiger partial charge is 0.490 e. The number of nitrogens with two attached hydrogens (primary N) is 1. The van der Waals surface area contributed by atoms with Gasteiger partial charge in [-0.2, -0.15) is 13.2 Å². The smallest absolute Gasteiger partial charge is 0.475 e. The number of carboxylic acids is 1. The number of amides is 2. The third kappa shape index (κ3) is 6.11. The predicted octanol–water partition coefficient (Wildman–Crippen LogP) is 3.09. The second-order valence-electron chi connectivity index (χ2n) is 7.09. The van der Waals surface area contributed by atoms with E-state index >= 15 is 0 Å². The Balaban J connectivity index is 0.000000406. The first-order valence-electron chi connectivity index (χ1n) is 9.60. The summed E-state index contributed by atoms with van der Waals surface area (Å²) in [5.74, 6) is -2.69. The van der Waals surface area contributed by atoms with Crippen molar-refractivity contribution >= 4 is 57.4 Å². The number of likely N-dealkylation sites (tertiary alicyclic amines) is 1. The number of benzene rings is 1. The van der Waals surface area contributed by atoms with Crippen LogP contribution in [0.1, 0.15) is 21.7 Å². The van der Waals surface area contributed by atoms with Gasteiger partial charge in [0.05, 0.1) is 14.7 Å². The van der Waals surface area contributed by atoms with Crippen molar-refractivity contribution in [3.05, 3.63) is 51.4 Å². The van der Waals surface area contributed by atoms with E-state index in [9.17, 15) is 22.8 Å². The number of fused-ring (bicyclic) bond motifs is 1. The number of hydrogen-bond donors (Lipinski definition) is 3. The number of carboxylic acid groups (broad SMARTS) is 1. The maximum Gasteiger partial charge on any atom is 0.490 e. The van der Waals surface area contributed by atoms with Gasteiger partial charge < -0.3 is 21.1 Å². The summed E-state index contributed by atoms with van der Waals surface area (Å²) in [5, 5.41) is 10.7. The molecule has 0 radical (unpaired) electrons. The SMILES string of the molecule is Nc1ncnc2cc(CN3CC[C@@H](NC(=O)c4ccc(Cl)s4)C3=O)ccc12.O=C(O)C(F)(F)F. The third-order valence-corrected chi connectivity index (χ3v) is 5.98. The maximum atomic E-state index is 12.6. The third-order valence-electron chi connectivity index (χ3n) is 4.75. The Morgan fingerprint density at radius 2 is 1.97 bits per heavy atom. The van der Waals surface area contributed by atoms with E-state index in [0.717, 1.165) is 16.5 Å². The van der Waals surface area contributed by atoms with Crippen LogP contribution in [-0.2, 0) is 16.1 Å². The Bertz CT molecular complexity index is 1240. The number of aromatic nitrogens is 2. The number of nitrogen functional groups attached to an aromatic ring is 1. The van der Waals surface area contributed by atoms with Crippen molar-refractivity contribution < 1.29 is 32.7 Å². The molecular weight excluding hydrogens is 499 g/mol. The molecular formula is C20H17ClF3N5O4S. The van der Waals surface area contributed by atoms with E-state index in [1.165, 1.54) is 17.7 Å². The Morgan fingerprint density at radius 3 is 2.59 bits per heavy atom. The summed E-state index contributed by atoms with van der Waals surface area (Å²) >= 11 is 7.05. The minimum atomic E-state index is -5.08. The van der Waals surface area contributed by atoms with Crippen LogP contribution in [0.3, 0.4) is 0 Å². The fourth-order valence-electron chi connectivity index (χ4n) is 3.14. The average molecular weight is 516 g/mol. The molecule has 4 N–H and O–H groups in total. The highest BCUT2D eigenvalue weighted by Gasteiger charge is 2.38. The number of halogens is 4. The van der Waals surface area contributed by atoms with Gasteiger partial charge in [0.25, 0.3) is 5.91 Å². The van der Waals surface area contributed by atoms with Crippen molar-refractivity contribution in [3.8, 4) is 0 Å². The number of nitrogens with zero attached hydrogens (tertiary/aromatic N) is 3. The van der Waals surface area contributed by atoms with Gasteiger partial charge in [-0.1, -0.05) is 17.7 Å². The van der Waals surface area contributed by atoms with Gasteiger partial charge in [0.2, 0.25) is 5.91 Å². The lowest BCUT2D eigenvalue weighted by atomic mass is 10.1. The number of carbonyl (C=O) groups excluding carboxylic acids is 2. The highest BCUT2D eigenvalue weighted by Crippen LogP contribution is 2.23. The Morgan fingerprint density at radius 1 is 1.26 bits per heavy atom. The van der Waals surface area contributed by atoms with Gasteiger partial charge in [0.1, 0.15) is 18.2 Å². The van der Waals surface area contributed by atoms with Crippen LogP contribution in [0.25, 0.3) is 10.9 Å². The first-order valence-corrected chi connectivity index (χ1v) is 10.8. The number of thiophene rings is 1. The molecule has 180 valence electrons. The van der Waals surface area contributed by atoms with E-state index in [0.29, 0.717) is 34.5 Å². The fourth-order valence-corrected chi connectivity index (χ4v) is 4.08. The molecule has 34 heavy (non-hydrogen) atoms. The molecule has 0 bridgehead atoms. The molecule has 2 amide bonds. The summed E-state index contributed by atoms with van der Waals surface area (Å²) in [5.41, 5.74) is 7.53. The van der Waals surface area contributed by atoms with Crippen molar-refractivity contribution in [2.24, 2.45) is 0 Å². The molecule has 1 aromatic carbocycles. The van der Waals surface area contributed by atoms with Crippen LogP contribution in [0.4, 0.5) is 19.0 Å². The summed E-state index contributed by atoms with van der Waals surface area (Å²) in [6.45, 7) is 1.04. The van der Waals surface area contributed by atoms with Gasteiger partial charge in [0.15, 0.2) is 0 Å². The molecule has 3 aromatic rings. The second-order valence-corrected chi connectivity index (χ2v) is 8.81. The number of alkyl halides is 3. The fraction of sp³-hybridized carbons (Fsp3) is 0.250. The molecule has 4 rings (SSSR count). The highest BCUT2D eigenvalue weighted by atomic mass is 35.5. The van der Waals surface area contributed by atoms with Crippen molar-refractivity contribution in [2.75, 3.05) is 12.3 Å². The van der Waals surface area contributed by atoms with Crippen LogP contribution in [0.5, 0.6) is 0 Å². The van der Waals surface area contributed by atoms with Crippen LogP contribution in [0, 0.1) is 0 Å². The minimum Gasteiger partial charge on any atom is -0.475 e. The molecule has 0 unspecified atom stereocenters. The van der Waals surface area contributed by atoms with Crippen LogP contribution >= 0.6 is 22.9 Å². The molecule has 1 aliphatic heterocycles. The van der Waals surface area contributed by atoms with Gasteiger partial charge in [-0.15, -0.1) is 11.3 Å². The monoisotopic (exact) mass is 515 g/mol. The number of hydrogen-bond acceptors (Lipinski definition) is 7. The highest BCUT2D eigenvalue weighted by molar-refractivity contribution is 7.18. The van der Waals surface area contributed by atoms with E-state index in [2.05, 4.69) is 15.3 Å². The minimum absolute atomic E-state index is 0.0895. The van der Waals surface area contributed by atoms with Gasteiger partial charge in [-0.25, -0.2) is 14.8 Å². The molecule has 1 saturated heterocycles. The second kappa shape index (κ2) is 10.2. The number of nitrogens with one attached hydrogen (secondary N) is 1. The normalized spacial score (nSPS) is 15.7. The lowest BCUT2D eigenvalue weighted by Crippen LogP contribution is -2.41. The zero-order valence-corrected chi connectivity index (χ0v) is 18.7. The Labute approximate surface area is 199 Å². The molecule has 0 saturated carbocycles. The Kier molecular flexibility index (Phi) is 7.57. The van der Waals surface area contributed by atoms with Crippen LogP contribution in [0.2, 0.25) is 4.34 Å². The van der Waals surface area contributed by atoms with Crippen molar-refractivity contribution in [1.82, 2.24) is 20.2 Å². The number of aliphatic carboxylic acids is 1. The molecule has 0 spiro atoms. The lowest BCUT2D eigenvalue weighted by Gasteiger charge is -2.17. The molecule has 2 aromatic heterocycles. The summed E-state index contributed by atoms with van der Waals surface area (Å²) in [7, 11) is 0. The summed E-state index contributed by atoms with van der Waals surface area (Å²) in [6, 6.07) is 8.48. The quantitative estimate of drug-likeness (QED) is 0.485. The zero-order valence-electron chi connectivity index (χ0n) is 17.2. The van der Waals surface area contributed by atoms with Gasteiger partial charge >= 0.3 is 12.1 Å². The standard InChI is InChI=1S/C18H16ClN5O2S.C2HF3O2/c19-15-4-3-14(27-15)17(25)23-12-5-6-24(18(12)26)8-10-1-2-11-13(7-10)21-9-22-16(11)20;3-2(4,5)1(6)7/h1-4,7,9,12H,5-6,8H2,(H,23,25)(H2,20,21,22);(H,6,7)/t12-;/m1./s1. The van der Waals surface area contributed by atoms with E-state index in [1.807, 2.05) is 18.2 Å². The molecule has 0 aliphatic carbocycles. The van der Waals surface area contributed by atoms with E-state index in [-0.39, 0.29) is 11.8 Å². The number of anilines is 1. The van der Waals surface area contributed by atoms with Crippen molar-refractivity contribution in [1.29, 1.82) is 0 Å². The van der Waals surface area contributed by atoms with Gasteiger partial charge in [-0.05, 0) is 36.2 Å². The zero-order chi connectivity index (χ0) is 25.0. The van der Waals surface area contributed by atoms with Crippen molar-refractivity contribution in [2.45, 2.75) is 25.2 Å². The Hall–Kier alpha value is -3.45. The first kappa shape index (κ1) is 25.2. The lowest BCUT2D eigenvalue weighted by molar-refractivity contribution is -0.192.